The van der Waals surface area contributed by atoms with Gasteiger partial charge in [-0.3, -0.25) is 4.79 Å². The molecule has 0 aromatic heterocycles. The molecule has 6 nitrogen and oxygen atoms in total. The van der Waals surface area contributed by atoms with Crippen molar-refractivity contribution in [2.75, 3.05) is 20.2 Å². The number of amides is 1. The number of carbonyl (C=O) groups excluding carboxylic acids is 1. The van der Waals surface area contributed by atoms with Crippen LogP contribution in [-0.4, -0.2) is 38.8 Å². The third kappa shape index (κ3) is 5.00. The Kier molecular flexibility index (Phi) is 7.24. The highest BCUT2D eigenvalue weighted by Crippen LogP contribution is 2.23. The smallest absolute Gasteiger partial charge is 0.253 e. The summed E-state index contributed by atoms with van der Waals surface area (Å²) >= 11 is 6.13. The van der Waals surface area contributed by atoms with E-state index >= 15 is 0 Å². The fraction of sp³-hybridized carbons (Fsp3) is 0.316. The number of halogens is 1. The molecule has 0 spiro atoms. The van der Waals surface area contributed by atoms with Crippen LogP contribution in [0.3, 0.4) is 0 Å². The lowest BCUT2D eigenvalue weighted by molar-refractivity contribution is 0.0951. The molecule has 0 bridgehead atoms. The molecule has 0 heterocycles. The molecule has 0 atom stereocenters. The molecule has 2 rings (SSSR count). The Bertz CT molecular complexity index is 912. The lowest BCUT2D eigenvalue weighted by Gasteiger charge is -2.19. The minimum Gasteiger partial charge on any atom is -0.497 e. The van der Waals surface area contributed by atoms with Crippen LogP contribution in [0.5, 0.6) is 5.75 Å². The zero-order valence-corrected chi connectivity index (χ0v) is 17.1. The molecular weight excluding hydrogens is 388 g/mol. The van der Waals surface area contributed by atoms with Crippen molar-refractivity contribution in [3.63, 3.8) is 0 Å². The zero-order chi connectivity index (χ0) is 20.0. The first-order valence-corrected chi connectivity index (χ1v) is 10.4. The van der Waals surface area contributed by atoms with E-state index < -0.39 is 15.9 Å². The average molecular weight is 411 g/mol. The molecule has 27 heavy (non-hydrogen) atoms. The number of ether oxygens (including phenoxy) is 1. The first-order chi connectivity index (χ1) is 12.8. The molecule has 2 aromatic carbocycles. The number of nitrogens with zero attached hydrogens (tertiary/aromatic N) is 1. The van der Waals surface area contributed by atoms with Gasteiger partial charge in [0.05, 0.1) is 22.6 Å². The normalized spacial score (nSPS) is 11.4. The Morgan fingerprint density at radius 1 is 1.15 bits per heavy atom. The number of hydrogen-bond donors (Lipinski definition) is 1. The SMILES string of the molecule is CCN(CC)S(=O)(=O)c1ccc(Cl)c(C(=O)NCc2cccc(OC)c2)c1. The van der Waals surface area contributed by atoms with Crippen molar-refractivity contribution < 1.29 is 17.9 Å². The van der Waals surface area contributed by atoms with Gasteiger partial charge in [0.2, 0.25) is 10.0 Å². The van der Waals surface area contributed by atoms with E-state index in [0.29, 0.717) is 18.8 Å². The quantitative estimate of drug-likeness (QED) is 0.724. The maximum atomic E-state index is 12.7. The second kappa shape index (κ2) is 9.21. The monoisotopic (exact) mass is 410 g/mol. The van der Waals surface area contributed by atoms with Crippen LogP contribution in [0.25, 0.3) is 0 Å². The van der Waals surface area contributed by atoms with Crippen LogP contribution in [0, 0.1) is 0 Å². The summed E-state index contributed by atoms with van der Waals surface area (Å²) < 4.78 is 31.8. The molecule has 146 valence electrons. The summed E-state index contributed by atoms with van der Waals surface area (Å²) in [5, 5.41) is 2.95. The number of methoxy groups -OCH3 is 1. The van der Waals surface area contributed by atoms with Crippen LogP contribution in [0.15, 0.2) is 47.4 Å². The van der Waals surface area contributed by atoms with Crippen molar-refractivity contribution in [1.82, 2.24) is 9.62 Å². The van der Waals surface area contributed by atoms with Gasteiger partial charge in [-0.1, -0.05) is 37.6 Å². The molecule has 0 fully saturated rings. The molecule has 0 saturated carbocycles. The standard InChI is InChI=1S/C19H23ClN2O4S/c1-4-22(5-2)27(24,25)16-9-10-18(20)17(12-16)19(23)21-13-14-7-6-8-15(11-14)26-3/h6-12H,4-5,13H2,1-3H3,(H,21,23). The maximum Gasteiger partial charge on any atom is 0.253 e. The van der Waals surface area contributed by atoms with E-state index in [1.807, 2.05) is 24.3 Å². The summed E-state index contributed by atoms with van der Waals surface area (Å²) in [5.41, 5.74) is 0.971. The molecule has 0 aliphatic heterocycles. The molecule has 0 aliphatic carbocycles. The largest absolute Gasteiger partial charge is 0.497 e. The topological polar surface area (TPSA) is 75.7 Å². The summed E-state index contributed by atoms with van der Waals surface area (Å²) in [6, 6.07) is 11.5. The van der Waals surface area contributed by atoms with E-state index in [9.17, 15) is 13.2 Å². The van der Waals surface area contributed by atoms with Gasteiger partial charge in [0.15, 0.2) is 0 Å². The van der Waals surface area contributed by atoms with E-state index in [4.69, 9.17) is 16.3 Å². The van der Waals surface area contributed by atoms with Crippen molar-refractivity contribution in [1.29, 1.82) is 0 Å². The van der Waals surface area contributed by atoms with Gasteiger partial charge in [0.1, 0.15) is 5.75 Å². The summed E-state index contributed by atoms with van der Waals surface area (Å²) in [4.78, 5) is 12.6. The molecule has 2 aromatic rings. The van der Waals surface area contributed by atoms with E-state index in [0.717, 1.165) is 5.56 Å². The third-order valence-corrected chi connectivity index (χ3v) is 6.49. The lowest BCUT2D eigenvalue weighted by atomic mass is 10.2. The zero-order valence-electron chi connectivity index (χ0n) is 15.5. The van der Waals surface area contributed by atoms with Crippen molar-refractivity contribution >= 4 is 27.5 Å². The minimum atomic E-state index is -3.67. The number of rotatable bonds is 8. The third-order valence-electron chi connectivity index (χ3n) is 4.11. The van der Waals surface area contributed by atoms with Crippen LogP contribution in [0.4, 0.5) is 0 Å². The fourth-order valence-electron chi connectivity index (χ4n) is 2.61. The summed E-state index contributed by atoms with van der Waals surface area (Å²) in [6.07, 6.45) is 0. The lowest BCUT2D eigenvalue weighted by Crippen LogP contribution is -2.31. The number of hydrogen-bond acceptors (Lipinski definition) is 4. The van der Waals surface area contributed by atoms with E-state index in [-0.39, 0.29) is 22.0 Å². The average Bonchev–Trinajstić information content (AvgIpc) is 2.67. The van der Waals surface area contributed by atoms with Crippen molar-refractivity contribution in [3.05, 3.63) is 58.6 Å². The molecular formula is C19H23ClN2O4S. The maximum absolute atomic E-state index is 12.7. The van der Waals surface area contributed by atoms with Gasteiger partial charge in [-0.15, -0.1) is 0 Å². The van der Waals surface area contributed by atoms with Crippen LogP contribution < -0.4 is 10.1 Å². The summed E-state index contributed by atoms with van der Waals surface area (Å²) in [6.45, 7) is 4.48. The Labute approximate surface area is 165 Å². The van der Waals surface area contributed by atoms with Crippen molar-refractivity contribution in [2.24, 2.45) is 0 Å². The highest BCUT2D eigenvalue weighted by molar-refractivity contribution is 7.89. The van der Waals surface area contributed by atoms with Crippen molar-refractivity contribution in [3.8, 4) is 5.75 Å². The molecule has 1 amide bonds. The van der Waals surface area contributed by atoms with E-state index in [2.05, 4.69) is 5.32 Å². The van der Waals surface area contributed by atoms with Gasteiger partial charge in [0, 0.05) is 19.6 Å². The van der Waals surface area contributed by atoms with Crippen LogP contribution in [0.2, 0.25) is 5.02 Å². The van der Waals surface area contributed by atoms with Gasteiger partial charge >= 0.3 is 0 Å². The predicted molar refractivity (Wildman–Crippen MR) is 106 cm³/mol. The van der Waals surface area contributed by atoms with Gasteiger partial charge in [-0.05, 0) is 35.9 Å². The number of benzene rings is 2. The Morgan fingerprint density at radius 2 is 1.85 bits per heavy atom. The van der Waals surface area contributed by atoms with Gasteiger partial charge in [0.25, 0.3) is 5.91 Å². The number of nitrogens with one attached hydrogen (secondary N) is 1. The predicted octanol–water partition coefficient (Wildman–Crippen LogP) is 3.31. The van der Waals surface area contributed by atoms with Crippen LogP contribution in [0.1, 0.15) is 29.8 Å². The highest BCUT2D eigenvalue weighted by atomic mass is 35.5. The van der Waals surface area contributed by atoms with E-state index in [1.54, 1.807) is 21.0 Å². The van der Waals surface area contributed by atoms with Crippen LogP contribution >= 0.6 is 11.6 Å². The van der Waals surface area contributed by atoms with Gasteiger partial charge < -0.3 is 10.1 Å². The minimum absolute atomic E-state index is 0.0436. The van der Waals surface area contributed by atoms with Crippen LogP contribution in [-0.2, 0) is 16.6 Å². The molecule has 8 heteroatoms. The summed E-state index contributed by atoms with van der Waals surface area (Å²) in [5.74, 6) is 0.242. The van der Waals surface area contributed by atoms with Gasteiger partial charge in [-0.25, -0.2) is 8.42 Å². The molecule has 0 aliphatic rings. The highest BCUT2D eigenvalue weighted by Gasteiger charge is 2.23. The first-order valence-electron chi connectivity index (χ1n) is 8.54. The molecule has 0 saturated heterocycles. The Hall–Kier alpha value is -2.09. The number of carbonyl (C=O) groups is 1. The molecule has 1 N–H and O–H groups in total. The number of sulfonamides is 1. The summed E-state index contributed by atoms with van der Waals surface area (Å²) in [7, 11) is -2.10. The fourth-order valence-corrected chi connectivity index (χ4v) is 4.30. The Morgan fingerprint density at radius 3 is 2.48 bits per heavy atom. The second-order valence-corrected chi connectivity index (χ2v) is 8.11. The second-order valence-electron chi connectivity index (χ2n) is 5.77. The van der Waals surface area contributed by atoms with Crippen molar-refractivity contribution in [2.45, 2.75) is 25.3 Å². The van der Waals surface area contributed by atoms with Gasteiger partial charge in [-0.2, -0.15) is 4.31 Å². The molecule has 0 unspecified atom stereocenters. The molecule has 0 radical (unpaired) electrons. The van der Waals surface area contributed by atoms with E-state index in [1.165, 1.54) is 22.5 Å². The first kappa shape index (κ1) is 21.2. The Balaban J connectivity index is 2.23.